The summed E-state index contributed by atoms with van der Waals surface area (Å²) in [5.41, 5.74) is 7.34. The maximum Gasteiger partial charge on any atom is 0.164 e. The van der Waals surface area contributed by atoms with Gasteiger partial charge in [0.15, 0.2) is 17.5 Å². The molecule has 0 bridgehead atoms. The number of aromatic nitrogens is 4. The zero-order valence-corrected chi connectivity index (χ0v) is 28.1. The Morgan fingerprint density at radius 1 is 0.288 bits per heavy atom. The van der Waals surface area contributed by atoms with Crippen molar-refractivity contribution in [2.75, 3.05) is 0 Å². The molecular weight excluding hydrogens is 633 g/mol. The van der Waals surface area contributed by atoms with Gasteiger partial charge in [-0.25, -0.2) is 15.0 Å². The minimum Gasteiger partial charge on any atom is -0.264 e. The zero-order chi connectivity index (χ0) is 34.4. The summed E-state index contributed by atoms with van der Waals surface area (Å²) in [4.78, 5) is 19.8. The van der Waals surface area contributed by atoms with Crippen molar-refractivity contribution in [2.45, 2.75) is 0 Å². The molecule has 52 heavy (non-hydrogen) atoms. The largest absolute Gasteiger partial charge is 0.264 e. The van der Waals surface area contributed by atoms with Gasteiger partial charge in [-0.3, -0.25) is 4.98 Å². The van der Waals surface area contributed by atoms with Crippen molar-refractivity contribution in [3.8, 4) is 56.4 Å². The minimum atomic E-state index is 0.624. The second-order valence-electron chi connectivity index (χ2n) is 13.1. The predicted octanol–water partition coefficient (Wildman–Crippen LogP) is 12.2. The minimum absolute atomic E-state index is 0.624. The first-order chi connectivity index (χ1) is 25.7. The van der Waals surface area contributed by atoms with E-state index in [0.29, 0.717) is 17.5 Å². The van der Waals surface area contributed by atoms with E-state index in [4.69, 9.17) is 15.0 Å². The van der Waals surface area contributed by atoms with E-state index in [0.717, 1.165) is 49.5 Å². The predicted molar refractivity (Wildman–Crippen MR) is 215 cm³/mol. The van der Waals surface area contributed by atoms with Gasteiger partial charge in [-0.2, -0.15) is 0 Å². The number of pyridine rings is 1. The molecule has 4 heteroatoms. The lowest BCUT2D eigenvalue weighted by Crippen LogP contribution is -2.00. The number of hydrogen-bond acceptors (Lipinski definition) is 4. The van der Waals surface area contributed by atoms with E-state index in [1.165, 1.54) is 32.5 Å². The molecule has 0 fully saturated rings. The van der Waals surface area contributed by atoms with E-state index in [2.05, 4.69) is 169 Å². The Morgan fingerprint density at radius 2 is 0.885 bits per heavy atom. The van der Waals surface area contributed by atoms with Crippen molar-refractivity contribution in [3.63, 3.8) is 0 Å². The SMILES string of the molecule is c1ccc(-c2ccc(-c3nc(-c4cccc(-c5cc6c7ccccc7ccc6c6cnccc56)c4)nc(-c4ccc5ccccc5c4)n3)cc2)cc1. The fourth-order valence-corrected chi connectivity index (χ4v) is 7.35. The van der Waals surface area contributed by atoms with E-state index in [9.17, 15) is 0 Å². The summed E-state index contributed by atoms with van der Waals surface area (Å²) < 4.78 is 0. The van der Waals surface area contributed by atoms with Crippen LogP contribution in [0.2, 0.25) is 0 Å². The summed E-state index contributed by atoms with van der Waals surface area (Å²) in [7, 11) is 0. The highest BCUT2D eigenvalue weighted by atomic mass is 15.0. The van der Waals surface area contributed by atoms with Gasteiger partial charge < -0.3 is 0 Å². The third-order valence-corrected chi connectivity index (χ3v) is 9.99. The Bertz CT molecular complexity index is 2950. The summed E-state index contributed by atoms with van der Waals surface area (Å²) in [6.07, 6.45) is 3.86. The summed E-state index contributed by atoms with van der Waals surface area (Å²) in [5, 5.41) is 9.45. The number of hydrogen-bond donors (Lipinski definition) is 0. The second-order valence-corrected chi connectivity index (χ2v) is 13.1. The molecule has 0 saturated carbocycles. The van der Waals surface area contributed by atoms with Gasteiger partial charge in [-0.15, -0.1) is 0 Å². The number of fused-ring (bicyclic) bond motifs is 6. The van der Waals surface area contributed by atoms with Crippen LogP contribution in [0.1, 0.15) is 0 Å². The van der Waals surface area contributed by atoms with Gasteiger partial charge in [0, 0.05) is 34.5 Å². The van der Waals surface area contributed by atoms with Crippen molar-refractivity contribution in [1.29, 1.82) is 0 Å². The van der Waals surface area contributed by atoms with Crippen LogP contribution >= 0.6 is 0 Å². The first-order valence-electron chi connectivity index (χ1n) is 17.5. The van der Waals surface area contributed by atoms with Gasteiger partial charge in [0.05, 0.1) is 0 Å². The Kier molecular flexibility index (Phi) is 7.10. The normalized spacial score (nSPS) is 11.5. The molecule has 0 N–H and O–H groups in total. The first-order valence-corrected chi connectivity index (χ1v) is 17.5. The molecule has 10 rings (SSSR count). The highest BCUT2D eigenvalue weighted by molar-refractivity contribution is 6.20. The monoisotopic (exact) mass is 662 g/mol. The summed E-state index contributed by atoms with van der Waals surface area (Å²) in [6, 6.07) is 59.6. The topological polar surface area (TPSA) is 51.6 Å². The molecule has 0 unspecified atom stereocenters. The third kappa shape index (κ3) is 5.26. The molecule has 8 aromatic carbocycles. The highest BCUT2D eigenvalue weighted by Crippen LogP contribution is 2.39. The molecule has 0 spiro atoms. The smallest absolute Gasteiger partial charge is 0.164 e. The summed E-state index contributed by atoms with van der Waals surface area (Å²) in [6.45, 7) is 0. The van der Waals surface area contributed by atoms with Gasteiger partial charge in [0.1, 0.15) is 0 Å². The zero-order valence-electron chi connectivity index (χ0n) is 28.1. The average molecular weight is 663 g/mol. The van der Waals surface area contributed by atoms with Gasteiger partial charge >= 0.3 is 0 Å². The Balaban J connectivity index is 1.15. The molecule has 0 aliphatic carbocycles. The highest BCUT2D eigenvalue weighted by Gasteiger charge is 2.16. The van der Waals surface area contributed by atoms with Crippen LogP contribution in [0.15, 0.2) is 182 Å². The molecule has 0 amide bonds. The van der Waals surface area contributed by atoms with E-state index < -0.39 is 0 Å². The number of nitrogens with zero attached hydrogens (tertiary/aromatic N) is 4. The third-order valence-electron chi connectivity index (χ3n) is 9.99. The Morgan fingerprint density at radius 3 is 1.71 bits per heavy atom. The van der Waals surface area contributed by atoms with Crippen LogP contribution in [-0.4, -0.2) is 19.9 Å². The van der Waals surface area contributed by atoms with Gasteiger partial charge in [0.2, 0.25) is 0 Å². The van der Waals surface area contributed by atoms with Crippen molar-refractivity contribution < 1.29 is 0 Å². The molecule has 0 saturated heterocycles. The lowest BCUT2D eigenvalue weighted by atomic mass is 9.91. The number of benzene rings is 8. The lowest BCUT2D eigenvalue weighted by molar-refractivity contribution is 1.07. The van der Waals surface area contributed by atoms with E-state index in [-0.39, 0.29) is 0 Å². The van der Waals surface area contributed by atoms with Gasteiger partial charge in [-0.1, -0.05) is 146 Å². The molecule has 0 atom stereocenters. The number of rotatable bonds is 5. The van der Waals surface area contributed by atoms with Crippen LogP contribution < -0.4 is 0 Å². The quantitative estimate of drug-likeness (QED) is 0.172. The van der Waals surface area contributed by atoms with Crippen molar-refractivity contribution in [2.24, 2.45) is 0 Å². The van der Waals surface area contributed by atoms with Gasteiger partial charge in [0.25, 0.3) is 0 Å². The molecule has 242 valence electrons. The summed E-state index contributed by atoms with van der Waals surface area (Å²) in [5.74, 6) is 1.89. The van der Waals surface area contributed by atoms with Crippen LogP contribution in [0.3, 0.4) is 0 Å². The van der Waals surface area contributed by atoms with E-state index in [1.807, 2.05) is 18.5 Å². The van der Waals surface area contributed by atoms with Crippen molar-refractivity contribution in [3.05, 3.63) is 182 Å². The van der Waals surface area contributed by atoms with Gasteiger partial charge in [-0.05, 0) is 84.2 Å². The van der Waals surface area contributed by atoms with Crippen LogP contribution in [0.4, 0.5) is 0 Å². The standard InChI is InChI=1S/C48H30N4/c1-2-9-31(10-3-1)33-17-20-35(21-18-33)46-50-47(52-48(51-46)39-22-19-32-11-4-5-13-36(32)27-39)38-15-8-14-37(28-38)43-29-44-40-16-7-6-12-34(40)23-24-41(44)45-30-49-26-25-42(43)45/h1-30H. The van der Waals surface area contributed by atoms with E-state index >= 15 is 0 Å². The fraction of sp³-hybridized carbons (Fsp3) is 0. The first kappa shape index (κ1) is 29.8. The molecule has 0 radical (unpaired) electrons. The van der Waals surface area contributed by atoms with Crippen molar-refractivity contribution >= 4 is 43.1 Å². The fourth-order valence-electron chi connectivity index (χ4n) is 7.35. The molecule has 2 aromatic heterocycles. The van der Waals surface area contributed by atoms with E-state index in [1.54, 1.807) is 0 Å². The molecule has 2 heterocycles. The average Bonchev–Trinajstić information content (AvgIpc) is 3.23. The lowest BCUT2D eigenvalue weighted by Gasteiger charge is -2.14. The van der Waals surface area contributed by atoms with Crippen LogP contribution in [0.25, 0.3) is 99.5 Å². The Labute approximate surface area is 300 Å². The maximum absolute atomic E-state index is 5.13. The molecule has 0 aliphatic heterocycles. The molecule has 0 aliphatic rings. The molecule has 4 nitrogen and oxygen atoms in total. The molecule has 10 aromatic rings. The molecular formula is C48H30N4. The Hall–Kier alpha value is -7.04. The van der Waals surface area contributed by atoms with Crippen LogP contribution in [0.5, 0.6) is 0 Å². The maximum atomic E-state index is 5.13. The van der Waals surface area contributed by atoms with Crippen molar-refractivity contribution in [1.82, 2.24) is 19.9 Å². The van der Waals surface area contributed by atoms with Crippen LogP contribution in [0, 0.1) is 0 Å². The van der Waals surface area contributed by atoms with Crippen LogP contribution in [-0.2, 0) is 0 Å². The summed E-state index contributed by atoms with van der Waals surface area (Å²) >= 11 is 0. The second kappa shape index (κ2) is 12.4.